The first-order valence-electron chi connectivity index (χ1n) is 4.98. The van der Waals surface area contributed by atoms with Gasteiger partial charge in [-0.1, -0.05) is 37.3 Å². The fraction of sp³-hybridized carbons (Fsp3) is 0.154. The van der Waals surface area contributed by atoms with Gasteiger partial charge in [0.2, 0.25) is 0 Å². The molecule has 0 aliphatic carbocycles. The maximum absolute atomic E-state index is 11.5. The third-order valence-corrected chi connectivity index (χ3v) is 3.27. The third-order valence-electron chi connectivity index (χ3n) is 2.30. The van der Waals surface area contributed by atoms with Crippen molar-refractivity contribution in [2.24, 2.45) is 0 Å². The Labute approximate surface area is 93.4 Å². The zero-order chi connectivity index (χ0) is 10.7. The first-order chi connectivity index (χ1) is 7.31. The second-order valence-electron chi connectivity index (χ2n) is 3.34. The van der Waals surface area contributed by atoms with Gasteiger partial charge >= 0.3 is 0 Å². The van der Waals surface area contributed by atoms with Crippen molar-refractivity contribution >= 4 is 17.1 Å². The summed E-state index contributed by atoms with van der Waals surface area (Å²) in [6, 6.07) is 12.1. The highest BCUT2D eigenvalue weighted by Crippen LogP contribution is 2.25. The summed E-state index contributed by atoms with van der Waals surface area (Å²) in [5.41, 5.74) is 2.31. The average Bonchev–Trinajstić information content (AvgIpc) is 2.78. The highest BCUT2D eigenvalue weighted by molar-refractivity contribution is 7.12. The van der Waals surface area contributed by atoms with Gasteiger partial charge in [0.25, 0.3) is 0 Å². The van der Waals surface area contributed by atoms with Gasteiger partial charge < -0.3 is 0 Å². The molecule has 0 aliphatic heterocycles. The number of benzene rings is 1. The Kier molecular flexibility index (Phi) is 2.97. The summed E-state index contributed by atoms with van der Waals surface area (Å²) in [6.07, 6.45) is 0.578. The summed E-state index contributed by atoms with van der Waals surface area (Å²) in [7, 11) is 0. The van der Waals surface area contributed by atoms with Gasteiger partial charge in [0.1, 0.15) is 0 Å². The number of hydrogen-bond donors (Lipinski definition) is 0. The molecule has 2 heteroatoms. The molecular formula is C13H12OS. The summed E-state index contributed by atoms with van der Waals surface area (Å²) >= 11 is 1.53. The zero-order valence-electron chi connectivity index (χ0n) is 8.57. The van der Waals surface area contributed by atoms with Crippen molar-refractivity contribution in [3.63, 3.8) is 0 Å². The van der Waals surface area contributed by atoms with Gasteiger partial charge in [-0.25, -0.2) is 0 Å². The van der Waals surface area contributed by atoms with Crippen molar-refractivity contribution in [1.29, 1.82) is 0 Å². The van der Waals surface area contributed by atoms with Gasteiger partial charge in [-0.15, -0.1) is 11.3 Å². The molecule has 15 heavy (non-hydrogen) atoms. The molecule has 2 aromatic rings. The van der Waals surface area contributed by atoms with Crippen LogP contribution in [0.3, 0.4) is 0 Å². The predicted octanol–water partition coefficient (Wildman–Crippen LogP) is 4.01. The highest BCUT2D eigenvalue weighted by Gasteiger charge is 2.07. The average molecular weight is 216 g/mol. The standard InChI is InChI=1S/C13H12OS/c1-2-12(14)13-8-11(9-15-13)10-6-4-3-5-7-10/h3-9H,2H2,1H3. The number of thiophene rings is 1. The van der Waals surface area contributed by atoms with Crippen molar-refractivity contribution < 1.29 is 4.79 Å². The molecule has 1 aromatic carbocycles. The molecular weight excluding hydrogens is 204 g/mol. The van der Waals surface area contributed by atoms with Crippen LogP contribution in [0.2, 0.25) is 0 Å². The Bertz CT molecular complexity index is 456. The van der Waals surface area contributed by atoms with E-state index in [-0.39, 0.29) is 5.78 Å². The summed E-state index contributed by atoms with van der Waals surface area (Å²) in [4.78, 5) is 12.3. The van der Waals surface area contributed by atoms with E-state index in [9.17, 15) is 4.79 Å². The molecule has 0 saturated heterocycles. The number of carbonyl (C=O) groups is 1. The number of carbonyl (C=O) groups excluding carboxylic acids is 1. The van der Waals surface area contributed by atoms with E-state index in [1.165, 1.54) is 16.9 Å². The van der Waals surface area contributed by atoms with Crippen molar-refractivity contribution in [1.82, 2.24) is 0 Å². The zero-order valence-corrected chi connectivity index (χ0v) is 9.38. The maximum atomic E-state index is 11.5. The fourth-order valence-corrected chi connectivity index (χ4v) is 2.37. The van der Waals surface area contributed by atoms with Gasteiger partial charge in [0.05, 0.1) is 4.88 Å². The molecule has 0 amide bonds. The van der Waals surface area contributed by atoms with E-state index in [0.717, 1.165) is 10.4 Å². The number of rotatable bonds is 3. The Balaban J connectivity index is 2.32. The van der Waals surface area contributed by atoms with Crippen molar-refractivity contribution in [3.05, 3.63) is 46.7 Å². The van der Waals surface area contributed by atoms with Crippen molar-refractivity contribution in [3.8, 4) is 11.1 Å². The van der Waals surface area contributed by atoms with E-state index in [4.69, 9.17) is 0 Å². The molecule has 0 unspecified atom stereocenters. The minimum absolute atomic E-state index is 0.224. The number of ketones is 1. The Morgan fingerprint density at radius 2 is 1.93 bits per heavy atom. The van der Waals surface area contributed by atoms with Crippen LogP contribution < -0.4 is 0 Å². The molecule has 1 nitrogen and oxygen atoms in total. The molecule has 1 aromatic heterocycles. The Hall–Kier alpha value is -1.41. The lowest BCUT2D eigenvalue weighted by atomic mass is 10.1. The van der Waals surface area contributed by atoms with E-state index >= 15 is 0 Å². The van der Waals surface area contributed by atoms with Crippen LogP contribution in [-0.2, 0) is 0 Å². The monoisotopic (exact) mass is 216 g/mol. The van der Waals surface area contributed by atoms with Crippen LogP contribution in [0, 0.1) is 0 Å². The number of Topliss-reactive ketones (excluding diaryl/α,β-unsaturated/α-hetero) is 1. The van der Waals surface area contributed by atoms with Crippen LogP contribution in [0.4, 0.5) is 0 Å². The SMILES string of the molecule is CCC(=O)c1cc(-c2ccccc2)cs1. The lowest BCUT2D eigenvalue weighted by Crippen LogP contribution is -1.90. The van der Waals surface area contributed by atoms with Gasteiger partial charge in [-0.3, -0.25) is 4.79 Å². The van der Waals surface area contributed by atoms with Gasteiger partial charge in [0.15, 0.2) is 5.78 Å². The van der Waals surface area contributed by atoms with E-state index in [0.29, 0.717) is 6.42 Å². The van der Waals surface area contributed by atoms with Crippen LogP contribution in [0.5, 0.6) is 0 Å². The van der Waals surface area contributed by atoms with Crippen molar-refractivity contribution in [2.75, 3.05) is 0 Å². The van der Waals surface area contributed by atoms with E-state index < -0.39 is 0 Å². The van der Waals surface area contributed by atoms with Gasteiger partial charge in [0, 0.05) is 6.42 Å². The molecule has 0 radical (unpaired) electrons. The lowest BCUT2D eigenvalue weighted by molar-refractivity contribution is 0.0992. The molecule has 0 spiro atoms. The Morgan fingerprint density at radius 1 is 1.20 bits per heavy atom. The summed E-state index contributed by atoms with van der Waals surface area (Å²) < 4.78 is 0. The van der Waals surface area contributed by atoms with Crippen LogP contribution in [0.1, 0.15) is 23.0 Å². The maximum Gasteiger partial charge on any atom is 0.172 e. The second-order valence-corrected chi connectivity index (χ2v) is 4.25. The lowest BCUT2D eigenvalue weighted by Gasteiger charge is -1.94. The molecule has 0 N–H and O–H groups in total. The topological polar surface area (TPSA) is 17.1 Å². The van der Waals surface area contributed by atoms with Gasteiger partial charge in [-0.2, -0.15) is 0 Å². The first kappa shape index (κ1) is 10.1. The Morgan fingerprint density at radius 3 is 2.60 bits per heavy atom. The van der Waals surface area contributed by atoms with E-state index in [2.05, 4.69) is 12.1 Å². The number of hydrogen-bond acceptors (Lipinski definition) is 2. The largest absolute Gasteiger partial charge is 0.293 e. The quantitative estimate of drug-likeness (QED) is 0.708. The third kappa shape index (κ3) is 2.16. The molecule has 0 atom stereocenters. The molecule has 76 valence electrons. The summed E-state index contributed by atoms with van der Waals surface area (Å²) in [5, 5.41) is 2.04. The van der Waals surface area contributed by atoms with Crippen LogP contribution in [-0.4, -0.2) is 5.78 Å². The van der Waals surface area contributed by atoms with E-state index in [1.54, 1.807) is 0 Å². The van der Waals surface area contributed by atoms with Gasteiger partial charge in [-0.05, 0) is 22.6 Å². The molecule has 0 fully saturated rings. The second kappa shape index (κ2) is 4.41. The van der Waals surface area contributed by atoms with Crippen LogP contribution >= 0.6 is 11.3 Å². The highest BCUT2D eigenvalue weighted by atomic mass is 32.1. The molecule has 0 saturated carbocycles. The minimum atomic E-state index is 0.224. The molecule has 1 heterocycles. The van der Waals surface area contributed by atoms with Crippen LogP contribution in [0.25, 0.3) is 11.1 Å². The molecule has 0 aliphatic rings. The molecule has 0 bridgehead atoms. The van der Waals surface area contributed by atoms with Crippen molar-refractivity contribution in [2.45, 2.75) is 13.3 Å². The summed E-state index contributed by atoms with van der Waals surface area (Å²) in [6.45, 7) is 1.89. The van der Waals surface area contributed by atoms with E-state index in [1.807, 2.05) is 36.6 Å². The predicted molar refractivity (Wildman–Crippen MR) is 64.4 cm³/mol. The fourth-order valence-electron chi connectivity index (χ4n) is 1.44. The minimum Gasteiger partial charge on any atom is -0.293 e. The first-order valence-corrected chi connectivity index (χ1v) is 5.86. The summed E-state index contributed by atoms with van der Waals surface area (Å²) in [5.74, 6) is 0.224. The smallest absolute Gasteiger partial charge is 0.172 e. The van der Waals surface area contributed by atoms with Crippen LogP contribution in [0.15, 0.2) is 41.8 Å². The molecule has 2 rings (SSSR count). The normalized spacial score (nSPS) is 10.2.